The van der Waals surface area contributed by atoms with E-state index in [-0.39, 0.29) is 11.2 Å². The number of hydrogen-bond donors (Lipinski definition) is 1. The number of aromatic nitrogens is 3. The fourth-order valence-electron chi connectivity index (χ4n) is 3.09. The zero-order valence-electron chi connectivity index (χ0n) is 14.8. The Morgan fingerprint density at radius 3 is 2.62 bits per heavy atom. The molecule has 0 aliphatic rings. The van der Waals surface area contributed by atoms with Crippen molar-refractivity contribution in [2.75, 3.05) is 0 Å². The fourth-order valence-corrected chi connectivity index (χ4v) is 4.90. The molecule has 2 aromatic carbocycles. The molecule has 0 aliphatic carbocycles. The van der Waals surface area contributed by atoms with Crippen LogP contribution in [0.5, 0.6) is 5.75 Å². The Morgan fingerprint density at radius 1 is 1.14 bits per heavy atom. The van der Waals surface area contributed by atoms with Gasteiger partial charge in [-0.05, 0) is 37.3 Å². The summed E-state index contributed by atoms with van der Waals surface area (Å²) in [5.41, 5.74) is 1.24. The van der Waals surface area contributed by atoms with Gasteiger partial charge in [0.2, 0.25) is 0 Å². The van der Waals surface area contributed by atoms with Crippen LogP contribution in [0.25, 0.3) is 22.2 Å². The van der Waals surface area contributed by atoms with Crippen molar-refractivity contribution in [1.82, 2.24) is 13.9 Å². The molecular weight excluding hydrogens is 424 g/mol. The van der Waals surface area contributed by atoms with E-state index < -0.39 is 32.3 Å². The molecule has 0 radical (unpaired) electrons. The minimum Gasteiger partial charge on any atom is -0.504 e. The molecule has 0 atom stereocenters. The average Bonchev–Trinajstić information content (AvgIpc) is 3.03. The quantitative estimate of drug-likeness (QED) is 0.519. The molecule has 0 unspecified atom stereocenters. The van der Waals surface area contributed by atoms with Crippen LogP contribution in [-0.2, 0) is 10.0 Å². The Labute approximate surface area is 169 Å². The molecule has 0 bridgehead atoms. The van der Waals surface area contributed by atoms with Crippen molar-refractivity contribution < 1.29 is 22.3 Å². The summed E-state index contributed by atoms with van der Waals surface area (Å²) in [4.78, 5) is 7.10. The van der Waals surface area contributed by atoms with E-state index >= 15 is 0 Å². The van der Waals surface area contributed by atoms with Gasteiger partial charge in [0.05, 0.1) is 16.9 Å². The minimum atomic E-state index is -4.62. The van der Waals surface area contributed by atoms with Gasteiger partial charge in [0.1, 0.15) is 17.0 Å². The first-order valence-corrected chi connectivity index (χ1v) is 10.0. The normalized spacial score (nSPS) is 11.9. The highest BCUT2D eigenvalue weighted by molar-refractivity contribution is 7.90. The second kappa shape index (κ2) is 6.78. The van der Waals surface area contributed by atoms with Crippen LogP contribution < -0.4 is 0 Å². The van der Waals surface area contributed by atoms with Crippen molar-refractivity contribution in [2.45, 2.75) is 11.8 Å². The van der Waals surface area contributed by atoms with Gasteiger partial charge < -0.3 is 5.11 Å². The molecule has 0 amide bonds. The van der Waals surface area contributed by atoms with Crippen LogP contribution in [0.4, 0.5) is 8.78 Å². The number of aryl methyl sites for hydroxylation is 1. The van der Waals surface area contributed by atoms with Crippen LogP contribution >= 0.6 is 11.6 Å². The van der Waals surface area contributed by atoms with Gasteiger partial charge in [-0.15, -0.1) is 0 Å². The van der Waals surface area contributed by atoms with Gasteiger partial charge in [-0.3, -0.25) is 0 Å². The van der Waals surface area contributed by atoms with Crippen molar-refractivity contribution in [3.8, 4) is 17.0 Å². The molecule has 0 aliphatic heterocycles. The summed E-state index contributed by atoms with van der Waals surface area (Å²) in [6, 6.07) is 7.02. The highest BCUT2D eigenvalue weighted by Gasteiger charge is 2.29. The standard InChI is InChI=1S/C19H12ClF2N3O3S/c1-10-14(8-23-9-24-10)17-5-11-4-12(20)2-3-16(11)25(17)29(27,28)18-7-13(21)6-15(22)19(18)26/h2-9,26H,1H3. The molecule has 29 heavy (non-hydrogen) atoms. The number of aromatic hydroxyl groups is 1. The monoisotopic (exact) mass is 435 g/mol. The zero-order valence-corrected chi connectivity index (χ0v) is 16.3. The Bertz CT molecular complexity index is 1390. The number of hydrogen-bond acceptors (Lipinski definition) is 5. The van der Waals surface area contributed by atoms with Gasteiger partial charge in [0.15, 0.2) is 11.6 Å². The molecule has 0 spiro atoms. The van der Waals surface area contributed by atoms with E-state index in [0.717, 1.165) is 3.97 Å². The van der Waals surface area contributed by atoms with E-state index in [9.17, 15) is 22.3 Å². The number of nitrogens with zero attached hydrogens (tertiary/aromatic N) is 3. The lowest BCUT2D eigenvalue weighted by molar-refractivity contribution is 0.411. The molecule has 4 rings (SSSR count). The molecule has 2 aromatic heterocycles. The summed E-state index contributed by atoms with van der Waals surface area (Å²) in [5, 5.41) is 10.9. The van der Waals surface area contributed by atoms with Gasteiger partial charge in [0.25, 0.3) is 10.0 Å². The predicted molar refractivity (Wildman–Crippen MR) is 103 cm³/mol. The van der Waals surface area contributed by atoms with Gasteiger partial charge >= 0.3 is 0 Å². The summed E-state index contributed by atoms with van der Waals surface area (Å²) in [6.45, 7) is 1.66. The summed E-state index contributed by atoms with van der Waals surface area (Å²) < 4.78 is 55.4. The minimum absolute atomic E-state index is 0.157. The van der Waals surface area contributed by atoms with Gasteiger partial charge in [-0.1, -0.05) is 11.6 Å². The van der Waals surface area contributed by atoms with Crippen LogP contribution in [0.1, 0.15) is 5.69 Å². The number of rotatable bonds is 3. The van der Waals surface area contributed by atoms with Crippen LogP contribution in [0.3, 0.4) is 0 Å². The number of halogens is 3. The lowest BCUT2D eigenvalue weighted by Gasteiger charge is -2.14. The van der Waals surface area contributed by atoms with Crippen LogP contribution in [0.2, 0.25) is 5.02 Å². The molecular formula is C19H12ClF2N3O3S. The molecule has 6 nitrogen and oxygen atoms in total. The van der Waals surface area contributed by atoms with E-state index in [1.54, 1.807) is 19.1 Å². The summed E-state index contributed by atoms with van der Waals surface area (Å²) in [6.07, 6.45) is 2.74. The third kappa shape index (κ3) is 3.12. The van der Waals surface area contributed by atoms with E-state index in [2.05, 4.69) is 9.97 Å². The van der Waals surface area contributed by atoms with Crippen molar-refractivity contribution in [2.24, 2.45) is 0 Å². The maximum Gasteiger partial charge on any atom is 0.272 e. The SMILES string of the molecule is Cc1ncncc1-c1cc2cc(Cl)ccc2n1S(=O)(=O)c1cc(F)cc(F)c1O. The summed E-state index contributed by atoms with van der Waals surface area (Å²) >= 11 is 6.03. The topological polar surface area (TPSA) is 85.1 Å². The molecule has 1 N–H and O–H groups in total. The van der Waals surface area contributed by atoms with Crippen molar-refractivity contribution in [3.63, 3.8) is 0 Å². The second-order valence-electron chi connectivity index (χ2n) is 6.26. The molecule has 0 saturated carbocycles. The maximum atomic E-state index is 13.9. The van der Waals surface area contributed by atoms with E-state index in [0.29, 0.717) is 33.8 Å². The lowest BCUT2D eigenvalue weighted by atomic mass is 10.1. The number of phenolic OH excluding ortho intramolecular Hbond substituents is 1. The Balaban J connectivity index is 2.13. The third-order valence-corrected chi connectivity index (χ3v) is 6.39. The first-order chi connectivity index (χ1) is 13.7. The highest BCUT2D eigenvalue weighted by Crippen LogP contribution is 2.37. The van der Waals surface area contributed by atoms with Gasteiger partial charge in [-0.2, -0.15) is 0 Å². The lowest BCUT2D eigenvalue weighted by Crippen LogP contribution is -2.15. The van der Waals surface area contributed by atoms with Crippen molar-refractivity contribution in [3.05, 3.63) is 71.3 Å². The fraction of sp³-hybridized carbons (Fsp3) is 0.0526. The molecule has 0 saturated heterocycles. The zero-order chi connectivity index (χ0) is 20.9. The first-order valence-electron chi connectivity index (χ1n) is 8.21. The second-order valence-corrected chi connectivity index (χ2v) is 8.45. The molecule has 10 heteroatoms. The predicted octanol–water partition coefficient (Wildman–Crippen LogP) is 4.28. The van der Waals surface area contributed by atoms with Crippen LogP contribution in [0, 0.1) is 18.6 Å². The summed E-state index contributed by atoms with van der Waals surface area (Å²) in [7, 11) is -4.62. The first kappa shape index (κ1) is 19.3. The van der Waals surface area contributed by atoms with Gasteiger partial charge in [0, 0.05) is 28.2 Å². The molecule has 2 heterocycles. The smallest absolute Gasteiger partial charge is 0.272 e. The maximum absolute atomic E-state index is 13.9. The average molecular weight is 436 g/mol. The molecule has 4 aromatic rings. The highest BCUT2D eigenvalue weighted by atomic mass is 35.5. The third-order valence-electron chi connectivity index (χ3n) is 4.42. The van der Waals surface area contributed by atoms with E-state index in [1.165, 1.54) is 24.7 Å². The largest absolute Gasteiger partial charge is 0.504 e. The van der Waals surface area contributed by atoms with Crippen LogP contribution in [0.15, 0.2) is 53.8 Å². The number of phenols is 1. The van der Waals surface area contributed by atoms with E-state index in [1.807, 2.05) is 0 Å². The number of benzene rings is 2. The Kier molecular flexibility index (Phi) is 4.51. The summed E-state index contributed by atoms with van der Waals surface area (Å²) in [5.74, 6) is -3.70. The molecule has 148 valence electrons. The van der Waals surface area contributed by atoms with Gasteiger partial charge in [-0.25, -0.2) is 31.1 Å². The van der Waals surface area contributed by atoms with Crippen molar-refractivity contribution in [1.29, 1.82) is 0 Å². The van der Waals surface area contributed by atoms with Crippen LogP contribution in [-0.4, -0.2) is 27.5 Å². The Hall–Kier alpha value is -3.04. The van der Waals surface area contributed by atoms with E-state index in [4.69, 9.17) is 11.6 Å². The number of fused-ring (bicyclic) bond motifs is 1. The Morgan fingerprint density at radius 2 is 1.90 bits per heavy atom. The van der Waals surface area contributed by atoms with Crippen molar-refractivity contribution >= 4 is 32.5 Å². The molecule has 0 fully saturated rings.